The minimum Gasteiger partial charge on any atom is -0.330 e. The van der Waals surface area contributed by atoms with Crippen LogP contribution in [0.5, 0.6) is 0 Å². The molecule has 0 fully saturated rings. The molecule has 0 aliphatic heterocycles. The van der Waals surface area contributed by atoms with E-state index in [1.54, 1.807) is 0 Å². The number of rotatable bonds is 3. The molecular weight excluding hydrogens is 208 g/mol. The summed E-state index contributed by atoms with van der Waals surface area (Å²) < 4.78 is 2.05. The summed E-state index contributed by atoms with van der Waals surface area (Å²) >= 11 is 5.93. The van der Waals surface area contributed by atoms with Crippen LogP contribution in [0.1, 0.15) is 5.56 Å². The first-order chi connectivity index (χ1) is 7.29. The number of nitrogens with two attached hydrogens (primary N) is 1. The van der Waals surface area contributed by atoms with Crippen molar-refractivity contribution in [1.29, 1.82) is 0 Å². The molecule has 78 valence electrons. The van der Waals surface area contributed by atoms with Crippen molar-refractivity contribution in [2.24, 2.45) is 5.73 Å². The zero-order chi connectivity index (χ0) is 10.7. The third kappa shape index (κ3) is 2.41. The molecule has 0 bridgehead atoms. The standard InChI is InChI=1S/C12H13ClN2/c13-11-2-1-3-12(8-11)15-7-5-10(9-15)4-6-14/h1-3,5,7-9H,4,6,14H2. The van der Waals surface area contributed by atoms with Gasteiger partial charge in [0.05, 0.1) is 0 Å². The van der Waals surface area contributed by atoms with Crippen molar-refractivity contribution < 1.29 is 0 Å². The molecule has 15 heavy (non-hydrogen) atoms. The molecule has 0 saturated heterocycles. The highest BCUT2D eigenvalue weighted by molar-refractivity contribution is 6.30. The minimum absolute atomic E-state index is 0.680. The van der Waals surface area contributed by atoms with E-state index in [4.69, 9.17) is 17.3 Å². The van der Waals surface area contributed by atoms with Crippen molar-refractivity contribution >= 4 is 11.6 Å². The van der Waals surface area contributed by atoms with Gasteiger partial charge < -0.3 is 10.3 Å². The second-order valence-electron chi connectivity index (χ2n) is 3.45. The predicted octanol–water partition coefficient (Wildman–Crippen LogP) is 2.63. The Morgan fingerprint density at radius 1 is 1.27 bits per heavy atom. The highest BCUT2D eigenvalue weighted by atomic mass is 35.5. The molecule has 0 spiro atoms. The number of benzene rings is 1. The lowest BCUT2D eigenvalue weighted by Crippen LogP contribution is -2.01. The quantitative estimate of drug-likeness (QED) is 0.847. The SMILES string of the molecule is NCCc1ccn(-c2cccc(Cl)c2)c1. The van der Waals surface area contributed by atoms with Crippen LogP contribution in [-0.2, 0) is 6.42 Å². The molecule has 1 aromatic carbocycles. The van der Waals surface area contributed by atoms with E-state index in [9.17, 15) is 0 Å². The molecule has 0 radical (unpaired) electrons. The highest BCUT2D eigenvalue weighted by Crippen LogP contribution is 2.16. The molecule has 2 aromatic rings. The van der Waals surface area contributed by atoms with E-state index in [0.717, 1.165) is 17.1 Å². The number of aromatic nitrogens is 1. The van der Waals surface area contributed by atoms with Gasteiger partial charge in [0.2, 0.25) is 0 Å². The molecule has 0 saturated carbocycles. The number of hydrogen-bond donors (Lipinski definition) is 1. The smallest absolute Gasteiger partial charge is 0.0464 e. The fourth-order valence-electron chi connectivity index (χ4n) is 1.55. The Hall–Kier alpha value is -1.25. The van der Waals surface area contributed by atoms with E-state index in [-0.39, 0.29) is 0 Å². The molecule has 0 atom stereocenters. The molecule has 1 aromatic heterocycles. The summed E-state index contributed by atoms with van der Waals surface area (Å²) in [5.74, 6) is 0. The van der Waals surface area contributed by atoms with Gasteiger partial charge in [0.1, 0.15) is 0 Å². The van der Waals surface area contributed by atoms with Crippen LogP contribution >= 0.6 is 11.6 Å². The maximum absolute atomic E-state index is 5.93. The van der Waals surface area contributed by atoms with E-state index in [0.29, 0.717) is 6.54 Å². The molecule has 1 heterocycles. The Labute approximate surface area is 94.3 Å². The van der Waals surface area contributed by atoms with Crippen LogP contribution in [0.15, 0.2) is 42.7 Å². The molecule has 0 amide bonds. The lowest BCUT2D eigenvalue weighted by molar-refractivity contribution is 0.961. The van der Waals surface area contributed by atoms with Gasteiger partial charge in [0, 0.05) is 23.1 Å². The van der Waals surface area contributed by atoms with Crippen molar-refractivity contribution in [1.82, 2.24) is 4.57 Å². The zero-order valence-corrected chi connectivity index (χ0v) is 9.11. The monoisotopic (exact) mass is 220 g/mol. The predicted molar refractivity (Wildman–Crippen MR) is 63.5 cm³/mol. The Balaban J connectivity index is 2.29. The second-order valence-corrected chi connectivity index (χ2v) is 3.88. The first-order valence-corrected chi connectivity index (χ1v) is 5.30. The average Bonchev–Trinajstić information content (AvgIpc) is 2.67. The number of halogens is 1. The van der Waals surface area contributed by atoms with Crippen LogP contribution in [0.4, 0.5) is 0 Å². The first kappa shape index (κ1) is 10.3. The molecule has 0 unspecified atom stereocenters. The van der Waals surface area contributed by atoms with Crippen molar-refractivity contribution in [3.05, 3.63) is 53.3 Å². The van der Waals surface area contributed by atoms with Crippen LogP contribution in [-0.4, -0.2) is 11.1 Å². The summed E-state index contributed by atoms with van der Waals surface area (Å²) in [5.41, 5.74) is 7.82. The first-order valence-electron chi connectivity index (χ1n) is 4.92. The van der Waals surface area contributed by atoms with Gasteiger partial charge in [0.15, 0.2) is 0 Å². The molecular formula is C12H13ClN2. The van der Waals surface area contributed by atoms with Crippen LogP contribution in [0.3, 0.4) is 0 Å². The summed E-state index contributed by atoms with van der Waals surface area (Å²) in [4.78, 5) is 0. The fraction of sp³-hybridized carbons (Fsp3) is 0.167. The number of nitrogens with zero attached hydrogens (tertiary/aromatic N) is 1. The van der Waals surface area contributed by atoms with Crippen LogP contribution < -0.4 is 5.73 Å². The molecule has 2 N–H and O–H groups in total. The minimum atomic E-state index is 0.680. The fourth-order valence-corrected chi connectivity index (χ4v) is 1.74. The molecule has 2 nitrogen and oxygen atoms in total. The van der Waals surface area contributed by atoms with Gasteiger partial charge >= 0.3 is 0 Å². The average molecular weight is 221 g/mol. The Bertz CT molecular complexity index is 448. The van der Waals surface area contributed by atoms with Gasteiger partial charge in [-0.1, -0.05) is 17.7 Å². The van der Waals surface area contributed by atoms with Crippen molar-refractivity contribution in [2.75, 3.05) is 6.54 Å². The third-order valence-electron chi connectivity index (χ3n) is 2.29. The summed E-state index contributed by atoms with van der Waals surface area (Å²) in [6.45, 7) is 0.680. The van der Waals surface area contributed by atoms with Crippen molar-refractivity contribution in [2.45, 2.75) is 6.42 Å². The van der Waals surface area contributed by atoms with Gasteiger partial charge in [-0.2, -0.15) is 0 Å². The normalized spacial score (nSPS) is 10.5. The van der Waals surface area contributed by atoms with E-state index in [2.05, 4.69) is 16.8 Å². The van der Waals surface area contributed by atoms with Gasteiger partial charge in [-0.15, -0.1) is 0 Å². The maximum atomic E-state index is 5.93. The van der Waals surface area contributed by atoms with E-state index < -0.39 is 0 Å². The Morgan fingerprint density at radius 3 is 2.87 bits per heavy atom. The zero-order valence-electron chi connectivity index (χ0n) is 8.36. The summed E-state index contributed by atoms with van der Waals surface area (Å²) in [5, 5.41) is 0.751. The van der Waals surface area contributed by atoms with Gasteiger partial charge in [-0.25, -0.2) is 0 Å². The third-order valence-corrected chi connectivity index (χ3v) is 2.53. The van der Waals surface area contributed by atoms with Crippen molar-refractivity contribution in [3.8, 4) is 5.69 Å². The largest absolute Gasteiger partial charge is 0.330 e. The van der Waals surface area contributed by atoms with Gasteiger partial charge in [0.25, 0.3) is 0 Å². The van der Waals surface area contributed by atoms with Crippen molar-refractivity contribution in [3.63, 3.8) is 0 Å². The molecule has 2 rings (SSSR count). The highest BCUT2D eigenvalue weighted by Gasteiger charge is 1.99. The Morgan fingerprint density at radius 2 is 2.13 bits per heavy atom. The van der Waals surface area contributed by atoms with E-state index in [1.807, 2.05) is 30.5 Å². The lowest BCUT2D eigenvalue weighted by atomic mass is 10.2. The van der Waals surface area contributed by atoms with Crippen LogP contribution in [0.25, 0.3) is 5.69 Å². The van der Waals surface area contributed by atoms with E-state index >= 15 is 0 Å². The van der Waals surface area contributed by atoms with Crippen LogP contribution in [0, 0.1) is 0 Å². The topological polar surface area (TPSA) is 30.9 Å². The van der Waals surface area contributed by atoms with Gasteiger partial charge in [-0.3, -0.25) is 0 Å². The summed E-state index contributed by atoms with van der Waals surface area (Å²) in [7, 11) is 0. The summed E-state index contributed by atoms with van der Waals surface area (Å²) in [6, 6.07) is 9.86. The number of hydrogen-bond acceptors (Lipinski definition) is 1. The second kappa shape index (κ2) is 4.51. The van der Waals surface area contributed by atoms with E-state index in [1.165, 1.54) is 5.56 Å². The molecule has 0 aliphatic rings. The van der Waals surface area contributed by atoms with Crippen LogP contribution in [0.2, 0.25) is 5.02 Å². The maximum Gasteiger partial charge on any atom is 0.0464 e. The molecule has 3 heteroatoms. The Kier molecular flexibility index (Phi) is 3.09. The van der Waals surface area contributed by atoms with Gasteiger partial charge in [-0.05, 0) is 42.8 Å². The summed E-state index contributed by atoms with van der Waals surface area (Å²) in [6.07, 6.45) is 5.02. The lowest BCUT2D eigenvalue weighted by Gasteiger charge is -2.02. The molecule has 0 aliphatic carbocycles.